The van der Waals surface area contributed by atoms with Gasteiger partial charge in [-0.2, -0.15) is 0 Å². The number of methoxy groups -OCH3 is 1. The standard InChI is InChI=1S/C19H23N3O5S/c1-4-21-12-7-6-8-14(23)16(12)17(20-19(21)28)11-9-13(22(24)25)18(26-3)15(10-11)27-5-2/h9-10,17H,4-8H2,1-3H3,(H,20,28). The third kappa shape index (κ3) is 3.42. The van der Waals surface area contributed by atoms with Crippen LogP contribution < -0.4 is 14.8 Å². The fourth-order valence-corrected chi connectivity index (χ4v) is 4.17. The van der Waals surface area contributed by atoms with Gasteiger partial charge in [0.25, 0.3) is 0 Å². The molecule has 0 spiro atoms. The molecule has 1 aliphatic heterocycles. The van der Waals surface area contributed by atoms with Crippen LogP contribution in [0.4, 0.5) is 5.69 Å². The molecular formula is C19H23N3O5S. The summed E-state index contributed by atoms with van der Waals surface area (Å²) < 4.78 is 10.8. The fraction of sp³-hybridized carbons (Fsp3) is 0.474. The Balaban J connectivity index is 2.20. The highest BCUT2D eigenvalue weighted by atomic mass is 32.1. The third-order valence-electron chi connectivity index (χ3n) is 4.96. The molecule has 0 saturated heterocycles. The number of carbonyl (C=O) groups excluding carboxylic acids is 1. The third-order valence-corrected chi connectivity index (χ3v) is 5.30. The Kier molecular flexibility index (Phi) is 5.83. The maximum Gasteiger partial charge on any atom is 0.315 e. The molecular weight excluding hydrogens is 382 g/mol. The molecule has 9 heteroatoms. The van der Waals surface area contributed by atoms with Gasteiger partial charge in [-0.1, -0.05) is 0 Å². The molecule has 1 unspecified atom stereocenters. The van der Waals surface area contributed by atoms with Crippen molar-refractivity contribution in [3.05, 3.63) is 39.1 Å². The van der Waals surface area contributed by atoms with Crippen molar-refractivity contribution in [3.8, 4) is 11.5 Å². The summed E-state index contributed by atoms with van der Waals surface area (Å²) in [7, 11) is 1.36. The first-order valence-electron chi connectivity index (χ1n) is 9.26. The maximum absolute atomic E-state index is 12.8. The monoisotopic (exact) mass is 405 g/mol. The van der Waals surface area contributed by atoms with E-state index in [9.17, 15) is 14.9 Å². The van der Waals surface area contributed by atoms with E-state index >= 15 is 0 Å². The predicted octanol–water partition coefficient (Wildman–Crippen LogP) is 3.26. The molecule has 0 saturated carbocycles. The second-order valence-corrected chi connectivity index (χ2v) is 6.91. The lowest BCUT2D eigenvalue weighted by Gasteiger charge is -2.40. The Morgan fingerprint density at radius 3 is 2.71 bits per heavy atom. The number of hydrogen-bond donors (Lipinski definition) is 1. The number of nitrogens with zero attached hydrogens (tertiary/aromatic N) is 2. The summed E-state index contributed by atoms with van der Waals surface area (Å²) in [6.07, 6.45) is 1.98. The lowest BCUT2D eigenvalue weighted by Crippen LogP contribution is -2.49. The van der Waals surface area contributed by atoms with E-state index < -0.39 is 11.0 Å². The van der Waals surface area contributed by atoms with E-state index in [1.54, 1.807) is 13.0 Å². The van der Waals surface area contributed by atoms with Crippen LogP contribution in [0.2, 0.25) is 0 Å². The SMILES string of the molecule is CCOc1cc(C2NC(=S)N(CC)C3=C2C(=O)CCC3)cc([N+](=O)[O-])c1OC. The molecule has 8 nitrogen and oxygen atoms in total. The van der Waals surface area contributed by atoms with Gasteiger partial charge in [0.05, 0.1) is 24.7 Å². The Labute approximate surface area is 168 Å². The van der Waals surface area contributed by atoms with Crippen LogP contribution in [0.15, 0.2) is 23.4 Å². The number of nitrogens with one attached hydrogen (secondary N) is 1. The van der Waals surface area contributed by atoms with Crippen molar-refractivity contribution < 1.29 is 19.2 Å². The van der Waals surface area contributed by atoms with Gasteiger partial charge >= 0.3 is 5.69 Å². The summed E-state index contributed by atoms with van der Waals surface area (Å²) in [5.41, 5.74) is 1.88. The molecule has 1 aliphatic carbocycles. The second kappa shape index (κ2) is 8.14. The fourth-order valence-electron chi connectivity index (χ4n) is 3.81. The molecule has 0 amide bonds. The highest BCUT2D eigenvalue weighted by Gasteiger charge is 2.38. The zero-order valence-corrected chi connectivity index (χ0v) is 16.9. The summed E-state index contributed by atoms with van der Waals surface area (Å²) in [6, 6.07) is 2.56. The van der Waals surface area contributed by atoms with E-state index in [0.717, 1.165) is 18.5 Å². The van der Waals surface area contributed by atoms with Gasteiger partial charge in [0.1, 0.15) is 0 Å². The summed E-state index contributed by atoms with van der Waals surface area (Å²) >= 11 is 5.51. The topological polar surface area (TPSA) is 93.9 Å². The van der Waals surface area contributed by atoms with Crippen LogP contribution in [0.1, 0.15) is 44.7 Å². The molecule has 1 atom stereocenters. The van der Waals surface area contributed by atoms with Gasteiger partial charge in [-0.05, 0) is 50.5 Å². The number of carbonyl (C=O) groups is 1. The van der Waals surface area contributed by atoms with E-state index in [0.29, 0.717) is 35.8 Å². The van der Waals surface area contributed by atoms with Crippen molar-refractivity contribution in [3.63, 3.8) is 0 Å². The van der Waals surface area contributed by atoms with E-state index in [1.165, 1.54) is 13.2 Å². The first kappa shape index (κ1) is 20.1. The lowest BCUT2D eigenvalue weighted by molar-refractivity contribution is -0.385. The zero-order chi connectivity index (χ0) is 20.4. The minimum atomic E-state index is -0.554. The molecule has 0 aromatic heterocycles. The van der Waals surface area contributed by atoms with Crippen LogP contribution in [-0.4, -0.2) is 41.0 Å². The van der Waals surface area contributed by atoms with Crippen LogP contribution in [0.5, 0.6) is 11.5 Å². The molecule has 2 aliphatic rings. The first-order valence-corrected chi connectivity index (χ1v) is 9.67. The number of rotatable bonds is 6. The van der Waals surface area contributed by atoms with Crippen molar-refractivity contribution in [2.24, 2.45) is 0 Å². The number of nitro benzene ring substituents is 1. The molecule has 0 bridgehead atoms. The largest absolute Gasteiger partial charge is 0.490 e. The number of ether oxygens (including phenoxy) is 2. The van der Waals surface area contributed by atoms with Crippen LogP contribution in [-0.2, 0) is 4.79 Å². The second-order valence-electron chi connectivity index (χ2n) is 6.53. The van der Waals surface area contributed by atoms with Crippen molar-refractivity contribution in [1.29, 1.82) is 0 Å². The Morgan fingerprint density at radius 1 is 1.36 bits per heavy atom. The molecule has 1 N–H and O–H groups in total. The quantitative estimate of drug-likeness (QED) is 0.438. The van der Waals surface area contributed by atoms with Crippen molar-refractivity contribution in [2.75, 3.05) is 20.3 Å². The zero-order valence-electron chi connectivity index (χ0n) is 16.1. The first-order chi connectivity index (χ1) is 13.4. The predicted molar refractivity (Wildman–Crippen MR) is 108 cm³/mol. The lowest BCUT2D eigenvalue weighted by atomic mass is 9.84. The van der Waals surface area contributed by atoms with Gasteiger partial charge in [0.2, 0.25) is 5.75 Å². The van der Waals surface area contributed by atoms with Gasteiger partial charge in [-0.15, -0.1) is 0 Å². The average Bonchev–Trinajstić information content (AvgIpc) is 2.67. The number of thiocarbonyl (C=S) groups is 1. The van der Waals surface area contributed by atoms with Crippen molar-refractivity contribution >= 4 is 28.8 Å². The van der Waals surface area contributed by atoms with Gasteiger partial charge in [0, 0.05) is 30.3 Å². The summed E-state index contributed by atoms with van der Waals surface area (Å²) in [5, 5.41) is 15.3. The molecule has 0 radical (unpaired) electrons. The Hall–Kier alpha value is -2.68. The highest BCUT2D eigenvalue weighted by molar-refractivity contribution is 7.80. The highest BCUT2D eigenvalue weighted by Crippen LogP contribution is 2.43. The van der Waals surface area contributed by atoms with Crippen LogP contribution in [0, 0.1) is 10.1 Å². The molecule has 28 heavy (non-hydrogen) atoms. The van der Waals surface area contributed by atoms with Crippen molar-refractivity contribution in [1.82, 2.24) is 10.2 Å². The van der Waals surface area contributed by atoms with Crippen LogP contribution >= 0.6 is 12.2 Å². The number of Topliss-reactive ketones (excluding diaryl/α,β-unsaturated/α-hetero) is 1. The summed E-state index contributed by atoms with van der Waals surface area (Å²) in [4.78, 5) is 25.8. The molecule has 1 heterocycles. The molecule has 150 valence electrons. The number of allylic oxidation sites excluding steroid dienone is 1. The Morgan fingerprint density at radius 2 is 2.11 bits per heavy atom. The van der Waals surface area contributed by atoms with E-state index in [-0.39, 0.29) is 23.0 Å². The number of benzene rings is 1. The molecule has 3 rings (SSSR count). The minimum Gasteiger partial charge on any atom is -0.490 e. The van der Waals surface area contributed by atoms with Gasteiger partial charge in [-0.25, -0.2) is 0 Å². The van der Waals surface area contributed by atoms with Crippen LogP contribution in [0.25, 0.3) is 0 Å². The summed E-state index contributed by atoms with van der Waals surface area (Å²) in [6.45, 7) is 4.74. The molecule has 1 aromatic rings. The van der Waals surface area contributed by atoms with E-state index in [1.807, 2.05) is 11.8 Å². The van der Waals surface area contributed by atoms with E-state index in [4.69, 9.17) is 21.7 Å². The van der Waals surface area contributed by atoms with Gasteiger partial charge in [-0.3, -0.25) is 14.9 Å². The molecule has 0 fully saturated rings. The van der Waals surface area contributed by atoms with Crippen molar-refractivity contribution in [2.45, 2.75) is 39.2 Å². The number of hydrogen-bond acceptors (Lipinski definition) is 6. The normalized spacial score (nSPS) is 19.2. The van der Waals surface area contributed by atoms with E-state index in [2.05, 4.69) is 5.32 Å². The van der Waals surface area contributed by atoms with Gasteiger partial charge in [0.15, 0.2) is 16.6 Å². The molecule has 1 aromatic carbocycles. The minimum absolute atomic E-state index is 0.0381. The Bertz CT molecular complexity index is 867. The van der Waals surface area contributed by atoms with Crippen LogP contribution in [0.3, 0.4) is 0 Å². The maximum atomic E-state index is 12.8. The summed E-state index contributed by atoms with van der Waals surface area (Å²) in [5.74, 6) is 0.370. The number of nitro groups is 1. The van der Waals surface area contributed by atoms with Gasteiger partial charge < -0.3 is 19.7 Å². The average molecular weight is 405 g/mol. The number of ketones is 1. The smallest absolute Gasteiger partial charge is 0.315 e.